The molecule has 0 atom stereocenters. The predicted octanol–water partition coefficient (Wildman–Crippen LogP) is 0.876. The van der Waals surface area contributed by atoms with E-state index in [0.717, 1.165) is 24.5 Å². The fourth-order valence-electron chi connectivity index (χ4n) is 1.46. The molecule has 3 heteroatoms. The maximum absolute atomic E-state index is 9.11. The van der Waals surface area contributed by atoms with Crippen LogP contribution in [0.2, 0.25) is 0 Å². The van der Waals surface area contributed by atoms with Crippen molar-refractivity contribution in [1.82, 2.24) is 0 Å². The number of ether oxygens (including phenoxy) is 1. The van der Waals surface area contributed by atoms with Crippen molar-refractivity contribution in [3.05, 3.63) is 24.3 Å². The minimum Gasteiger partial charge on any atom is -0.497 e. The first-order chi connectivity index (χ1) is 6.29. The Morgan fingerprint density at radius 3 is 2.38 bits per heavy atom. The molecular formula is C10H13NO2. The summed E-state index contributed by atoms with van der Waals surface area (Å²) in [5.41, 5.74) is 1.14. The molecule has 70 valence electrons. The Hall–Kier alpha value is -1.22. The second kappa shape index (κ2) is 3.26. The fraction of sp³-hybridized carbons (Fsp3) is 0.400. The monoisotopic (exact) mass is 179 g/mol. The number of hydrogen-bond acceptors (Lipinski definition) is 3. The van der Waals surface area contributed by atoms with E-state index in [1.165, 1.54) is 0 Å². The second-order valence-electron chi connectivity index (χ2n) is 3.26. The third-order valence-corrected chi connectivity index (χ3v) is 2.30. The van der Waals surface area contributed by atoms with Crippen molar-refractivity contribution < 1.29 is 9.84 Å². The van der Waals surface area contributed by atoms with Crippen molar-refractivity contribution in [2.24, 2.45) is 0 Å². The summed E-state index contributed by atoms with van der Waals surface area (Å²) in [6.07, 6.45) is -0.151. The summed E-state index contributed by atoms with van der Waals surface area (Å²) in [7, 11) is 1.66. The number of hydrogen-bond donors (Lipinski definition) is 1. The Balaban J connectivity index is 2.06. The van der Waals surface area contributed by atoms with E-state index in [2.05, 4.69) is 4.90 Å². The molecule has 1 fully saturated rings. The summed E-state index contributed by atoms with van der Waals surface area (Å²) in [6.45, 7) is 1.48. The zero-order valence-electron chi connectivity index (χ0n) is 7.60. The molecule has 0 aromatic heterocycles. The van der Waals surface area contributed by atoms with Gasteiger partial charge in [0.05, 0.1) is 13.2 Å². The molecule has 2 rings (SSSR count). The summed E-state index contributed by atoms with van der Waals surface area (Å²) in [5.74, 6) is 0.866. The summed E-state index contributed by atoms with van der Waals surface area (Å²) < 4.78 is 5.05. The highest BCUT2D eigenvalue weighted by Crippen LogP contribution is 2.23. The van der Waals surface area contributed by atoms with Crippen molar-refractivity contribution in [3.63, 3.8) is 0 Å². The quantitative estimate of drug-likeness (QED) is 0.731. The van der Waals surface area contributed by atoms with Gasteiger partial charge in [-0.1, -0.05) is 0 Å². The molecule has 0 unspecified atom stereocenters. The molecule has 0 spiro atoms. The largest absolute Gasteiger partial charge is 0.497 e. The molecule has 3 nitrogen and oxygen atoms in total. The molecule has 0 aliphatic carbocycles. The van der Waals surface area contributed by atoms with Gasteiger partial charge in [0, 0.05) is 18.8 Å². The Morgan fingerprint density at radius 2 is 1.92 bits per heavy atom. The first-order valence-electron chi connectivity index (χ1n) is 4.36. The van der Waals surface area contributed by atoms with Crippen LogP contribution in [0.15, 0.2) is 24.3 Å². The third-order valence-electron chi connectivity index (χ3n) is 2.30. The zero-order chi connectivity index (χ0) is 9.26. The lowest BCUT2D eigenvalue weighted by atomic mass is 10.1. The summed E-state index contributed by atoms with van der Waals surface area (Å²) in [6, 6.07) is 7.87. The molecule has 0 radical (unpaired) electrons. The highest BCUT2D eigenvalue weighted by Gasteiger charge is 2.24. The van der Waals surface area contributed by atoms with E-state index in [0.29, 0.717) is 0 Å². The number of β-amino-alcohol motifs (C(OH)–C–C–N with tert-alkyl or cyclic N) is 1. The normalized spacial score (nSPS) is 16.9. The SMILES string of the molecule is COc1ccc(N2CC(O)C2)cc1. The molecule has 1 aromatic carbocycles. The number of rotatable bonds is 2. The maximum atomic E-state index is 9.11. The predicted molar refractivity (Wildman–Crippen MR) is 51.2 cm³/mol. The van der Waals surface area contributed by atoms with Crippen LogP contribution in [0.5, 0.6) is 5.75 Å². The number of methoxy groups -OCH3 is 1. The Morgan fingerprint density at radius 1 is 1.31 bits per heavy atom. The summed E-state index contributed by atoms with van der Waals surface area (Å²) in [4.78, 5) is 2.13. The molecule has 0 amide bonds. The lowest BCUT2D eigenvalue weighted by Crippen LogP contribution is -2.50. The molecule has 1 aliphatic rings. The average molecular weight is 179 g/mol. The zero-order valence-corrected chi connectivity index (χ0v) is 7.60. The molecule has 1 heterocycles. The van der Waals surface area contributed by atoms with Crippen LogP contribution in [0.3, 0.4) is 0 Å². The van der Waals surface area contributed by atoms with Crippen LogP contribution in [0.1, 0.15) is 0 Å². The van der Waals surface area contributed by atoms with Crippen molar-refractivity contribution in [1.29, 1.82) is 0 Å². The summed E-state index contributed by atoms with van der Waals surface area (Å²) in [5, 5.41) is 9.11. The van der Waals surface area contributed by atoms with Crippen LogP contribution in [0.4, 0.5) is 5.69 Å². The van der Waals surface area contributed by atoms with Crippen LogP contribution in [-0.2, 0) is 0 Å². The Labute approximate surface area is 77.6 Å². The van der Waals surface area contributed by atoms with Crippen LogP contribution in [0.25, 0.3) is 0 Å². The molecule has 1 aliphatic heterocycles. The first-order valence-corrected chi connectivity index (χ1v) is 4.36. The highest BCUT2D eigenvalue weighted by molar-refractivity contribution is 5.51. The molecule has 0 bridgehead atoms. The van der Waals surface area contributed by atoms with E-state index in [1.54, 1.807) is 7.11 Å². The van der Waals surface area contributed by atoms with E-state index in [1.807, 2.05) is 24.3 Å². The maximum Gasteiger partial charge on any atom is 0.119 e. The minimum absolute atomic E-state index is 0.151. The van der Waals surface area contributed by atoms with Crippen LogP contribution >= 0.6 is 0 Å². The van der Waals surface area contributed by atoms with Crippen molar-refractivity contribution >= 4 is 5.69 Å². The van der Waals surface area contributed by atoms with Gasteiger partial charge in [0.15, 0.2) is 0 Å². The van der Waals surface area contributed by atoms with E-state index < -0.39 is 0 Å². The van der Waals surface area contributed by atoms with Gasteiger partial charge < -0.3 is 14.7 Å². The number of nitrogens with zero attached hydrogens (tertiary/aromatic N) is 1. The Kier molecular flexibility index (Phi) is 2.10. The highest BCUT2D eigenvalue weighted by atomic mass is 16.5. The Bertz CT molecular complexity index is 277. The number of aliphatic hydroxyl groups is 1. The molecular weight excluding hydrogens is 166 g/mol. The average Bonchev–Trinajstić information content (AvgIpc) is 2.13. The van der Waals surface area contributed by atoms with Crippen LogP contribution < -0.4 is 9.64 Å². The summed E-state index contributed by atoms with van der Waals surface area (Å²) >= 11 is 0. The van der Waals surface area contributed by atoms with Gasteiger partial charge in [-0.15, -0.1) is 0 Å². The molecule has 1 N–H and O–H groups in total. The smallest absolute Gasteiger partial charge is 0.119 e. The van der Waals surface area contributed by atoms with E-state index >= 15 is 0 Å². The van der Waals surface area contributed by atoms with Crippen molar-refractivity contribution in [2.45, 2.75) is 6.10 Å². The number of anilines is 1. The standard InChI is InChI=1S/C10H13NO2/c1-13-10-4-2-8(3-5-10)11-6-9(12)7-11/h2-5,9,12H,6-7H2,1H3. The lowest BCUT2D eigenvalue weighted by Gasteiger charge is -2.37. The van der Waals surface area contributed by atoms with Crippen molar-refractivity contribution in [3.8, 4) is 5.75 Å². The number of benzene rings is 1. The van der Waals surface area contributed by atoms with Gasteiger partial charge in [-0.3, -0.25) is 0 Å². The van der Waals surface area contributed by atoms with E-state index in [4.69, 9.17) is 9.84 Å². The van der Waals surface area contributed by atoms with Gasteiger partial charge >= 0.3 is 0 Å². The topological polar surface area (TPSA) is 32.7 Å². The van der Waals surface area contributed by atoms with E-state index in [9.17, 15) is 0 Å². The first kappa shape index (κ1) is 8.38. The number of aliphatic hydroxyl groups excluding tert-OH is 1. The molecule has 1 saturated heterocycles. The lowest BCUT2D eigenvalue weighted by molar-refractivity contribution is 0.142. The second-order valence-corrected chi connectivity index (χ2v) is 3.26. The van der Waals surface area contributed by atoms with Crippen molar-refractivity contribution in [2.75, 3.05) is 25.1 Å². The molecule has 0 saturated carbocycles. The molecule has 13 heavy (non-hydrogen) atoms. The minimum atomic E-state index is -0.151. The van der Waals surface area contributed by atoms with Crippen LogP contribution in [-0.4, -0.2) is 31.4 Å². The van der Waals surface area contributed by atoms with Gasteiger partial charge in [0.25, 0.3) is 0 Å². The fourth-order valence-corrected chi connectivity index (χ4v) is 1.46. The molecule has 1 aromatic rings. The van der Waals surface area contributed by atoms with Gasteiger partial charge in [0.1, 0.15) is 5.75 Å². The third kappa shape index (κ3) is 1.60. The van der Waals surface area contributed by atoms with E-state index in [-0.39, 0.29) is 6.10 Å². The van der Waals surface area contributed by atoms with Gasteiger partial charge in [-0.05, 0) is 24.3 Å². The van der Waals surface area contributed by atoms with Gasteiger partial charge in [-0.25, -0.2) is 0 Å². The van der Waals surface area contributed by atoms with Gasteiger partial charge in [0.2, 0.25) is 0 Å². The van der Waals surface area contributed by atoms with Crippen LogP contribution in [0, 0.1) is 0 Å². The van der Waals surface area contributed by atoms with Gasteiger partial charge in [-0.2, -0.15) is 0 Å².